The fourth-order valence-electron chi connectivity index (χ4n) is 1.78. The van der Waals surface area contributed by atoms with Crippen molar-refractivity contribution in [3.05, 3.63) is 40.3 Å². The topological polar surface area (TPSA) is 56.3 Å². The van der Waals surface area contributed by atoms with E-state index in [1.54, 1.807) is 0 Å². The van der Waals surface area contributed by atoms with Crippen molar-refractivity contribution >= 4 is 29.0 Å². The Balaban J connectivity index is 1.80. The molecule has 0 bridgehead atoms. The van der Waals surface area contributed by atoms with E-state index in [4.69, 9.17) is 32.7 Å². The lowest BCUT2D eigenvalue weighted by atomic mass is 10.2. The minimum Gasteiger partial charge on any atom is -0.454 e. The van der Waals surface area contributed by atoms with Crippen molar-refractivity contribution in [3.63, 3.8) is 0 Å². The van der Waals surface area contributed by atoms with Crippen LogP contribution in [0.2, 0.25) is 10.3 Å². The second-order valence-corrected chi connectivity index (χ2v) is 4.59. The monoisotopic (exact) mass is 297 g/mol. The summed E-state index contributed by atoms with van der Waals surface area (Å²) < 4.78 is 10.7. The average Bonchev–Trinajstić information content (AvgIpc) is 2.88. The number of rotatable bonds is 3. The quantitative estimate of drug-likeness (QED) is 0.882. The molecule has 0 aliphatic carbocycles. The summed E-state index contributed by atoms with van der Waals surface area (Å²) in [5.74, 6) is 1.97. The fourth-order valence-corrected chi connectivity index (χ4v) is 2.07. The smallest absolute Gasteiger partial charge is 0.231 e. The van der Waals surface area contributed by atoms with Crippen LogP contribution in [0.1, 0.15) is 5.56 Å². The SMILES string of the molecule is Clc1ncc(Cl)c(NCc2cccc3c2OCO3)n1. The molecule has 1 aromatic carbocycles. The van der Waals surface area contributed by atoms with Gasteiger partial charge in [0.25, 0.3) is 0 Å². The number of nitrogens with one attached hydrogen (secondary N) is 1. The first-order valence-corrected chi connectivity index (χ1v) is 6.29. The van der Waals surface area contributed by atoms with Crippen molar-refractivity contribution < 1.29 is 9.47 Å². The molecule has 3 rings (SSSR count). The molecule has 0 atom stereocenters. The zero-order chi connectivity index (χ0) is 13.2. The Kier molecular flexibility index (Phi) is 3.31. The predicted octanol–water partition coefficient (Wildman–Crippen LogP) is 3.12. The molecule has 0 saturated heterocycles. The van der Waals surface area contributed by atoms with Gasteiger partial charge in [-0.3, -0.25) is 0 Å². The van der Waals surface area contributed by atoms with Gasteiger partial charge in [-0.15, -0.1) is 0 Å². The fraction of sp³-hybridized carbons (Fsp3) is 0.167. The van der Waals surface area contributed by atoms with Crippen molar-refractivity contribution in [1.82, 2.24) is 9.97 Å². The van der Waals surface area contributed by atoms with E-state index in [2.05, 4.69) is 15.3 Å². The molecule has 0 fully saturated rings. The zero-order valence-electron chi connectivity index (χ0n) is 9.69. The van der Waals surface area contributed by atoms with Crippen LogP contribution in [0.15, 0.2) is 24.4 Å². The lowest BCUT2D eigenvalue weighted by molar-refractivity contribution is 0.173. The summed E-state index contributed by atoms with van der Waals surface area (Å²) in [5.41, 5.74) is 0.959. The molecule has 5 nitrogen and oxygen atoms in total. The van der Waals surface area contributed by atoms with Crippen LogP contribution >= 0.6 is 23.2 Å². The highest BCUT2D eigenvalue weighted by Crippen LogP contribution is 2.35. The molecule has 2 aromatic rings. The van der Waals surface area contributed by atoms with Gasteiger partial charge in [0.2, 0.25) is 12.1 Å². The summed E-state index contributed by atoms with van der Waals surface area (Å²) in [4.78, 5) is 7.81. The van der Waals surface area contributed by atoms with E-state index < -0.39 is 0 Å². The van der Waals surface area contributed by atoms with E-state index in [9.17, 15) is 0 Å². The van der Waals surface area contributed by atoms with Crippen molar-refractivity contribution in [3.8, 4) is 11.5 Å². The van der Waals surface area contributed by atoms with Gasteiger partial charge >= 0.3 is 0 Å². The van der Waals surface area contributed by atoms with E-state index in [0.29, 0.717) is 17.4 Å². The molecule has 1 aromatic heterocycles. The van der Waals surface area contributed by atoms with Crippen LogP contribution < -0.4 is 14.8 Å². The van der Waals surface area contributed by atoms with Gasteiger partial charge in [-0.1, -0.05) is 23.7 Å². The predicted molar refractivity (Wildman–Crippen MR) is 71.9 cm³/mol. The number of fused-ring (bicyclic) bond motifs is 1. The first kappa shape index (κ1) is 12.3. The first-order valence-electron chi connectivity index (χ1n) is 5.53. The van der Waals surface area contributed by atoms with Crippen LogP contribution in [0, 0.1) is 0 Å². The molecule has 1 aliphatic heterocycles. The van der Waals surface area contributed by atoms with Gasteiger partial charge in [-0.05, 0) is 17.7 Å². The third kappa shape index (κ3) is 2.52. The van der Waals surface area contributed by atoms with Crippen LogP contribution in [0.4, 0.5) is 5.82 Å². The van der Waals surface area contributed by atoms with Gasteiger partial charge in [-0.2, -0.15) is 4.98 Å². The molecule has 2 heterocycles. The van der Waals surface area contributed by atoms with E-state index in [-0.39, 0.29) is 12.1 Å². The minimum absolute atomic E-state index is 0.143. The van der Waals surface area contributed by atoms with Gasteiger partial charge in [0.05, 0.1) is 6.20 Å². The molecule has 19 heavy (non-hydrogen) atoms. The molecule has 0 spiro atoms. The Labute approximate surface area is 119 Å². The number of halogens is 2. The maximum Gasteiger partial charge on any atom is 0.231 e. The molecule has 0 saturated carbocycles. The van der Waals surface area contributed by atoms with Crippen molar-refractivity contribution in [1.29, 1.82) is 0 Å². The summed E-state index contributed by atoms with van der Waals surface area (Å²) in [6.45, 7) is 0.742. The minimum atomic E-state index is 0.143. The van der Waals surface area contributed by atoms with E-state index in [1.807, 2.05) is 18.2 Å². The Morgan fingerprint density at radius 3 is 3.05 bits per heavy atom. The second kappa shape index (κ2) is 5.11. The van der Waals surface area contributed by atoms with E-state index >= 15 is 0 Å². The summed E-state index contributed by atoms with van der Waals surface area (Å²) in [7, 11) is 0. The van der Waals surface area contributed by atoms with Gasteiger partial charge < -0.3 is 14.8 Å². The highest BCUT2D eigenvalue weighted by atomic mass is 35.5. The van der Waals surface area contributed by atoms with Crippen molar-refractivity contribution in [2.45, 2.75) is 6.54 Å². The molecule has 1 aliphatic rings. The van der Waals surface area contributed by atoms with Crippen molar-refractivity contribution in [2.75, 3.05) is 12.1 Å². The largest absolute Gasteiger partial charge is 0.454 e. The normalized spacial score (nSPS) is 12.5. The summed E-state index contributed by atoms with van der Waals surface area (Å²) in [5, 5.41) is 3.65. The Morgan fingerprint density at radius 2 is 2.16 bits per heavy atom. The van der Waals surface area contributed by atoms with Crippen LogP contribution in [0.25, 0.3) is 0 Å². The number of ether oxygens (including phenoxy) is 2. The summed E-state index contributed by atoms with van der Waals surface area (Å²) in [6.07, 6.45) is 1.45. The second-order valence-electron chi connectivity index (χ2n) is 3.84. The van der Waals surface area contributed by atoms with Crippen molar-refractivity contribution in [2.24, 2.45) is 0 Å². The number of para-hydroxylation sites is 1. The van der Waals surface area contributed by atoms with Crippen LogP contribution in [0.3, 0.4) is 0 Å². The van der Waals surface area contributed by atoms with E-state index in [1.165, 1.54) is 6.20 Å². The summed E-state index contributed by atoms with van der Waals surface area (Å²) >= 11 is 11.7. The standard InChI is InChI=1S/C12H9Cl2N3O2/c13-8-5-16-12(14)17-11(8)15-4-7-2-1-3-9-10(7)19-6-18-9/h1-3,5H,4,6H2,(H,15,16,17). The number of benzene rings is 1. The molecule has 98 valence electrons. The maximum atomic E-state index is 5.98. The Hall–Kier alpha value is -1.72. The Bertz CT molecular complexity index is 622. The number of anilines is 1. The number of hydrogen-bond acceptors (Lipinski definition) is 5. The average molecular weight is 298 g/mol. The van der Waals surface area contributed by atoms with E-state index in [0.717, 1.165) is 17.1 Å². The lowest BCUT2D eigenvalue weighted by Crippen LogP contribution is -2.04. The highest BCUT2D eigenvalue weighted by Gasteiger charge is 2.17. The third-order valence-corrected chi connectivity index (χ3v) is 3.10. The molecular weight excluding hydrogens is 289 g/mol. The molecule has 0 unspecified atom stereocenters. The molecular formula is C12H9Cl2N3O2. The lowest BCUT2D eigenvalue weighted by Gasteiger charge is -2.09. The van der Waals surface area contributed by atoms with Crippen LogP contribution in [-0.4, -0.2) is 16.8 Å². The van der Waals surface area contributed by atoms with Gasteiger partial charge in [0.1, 0.15) is 10.8 Å². The van der Waals surface area contributed by atoms with Gasteiger partial charge in [-0.25, -0.2) is 4.98 Å². The zero-order valence-corrected chi connectivity index (χ0v) is 11.2. The third-order valence-electron chi connectivity index (χ3n) is 2.64. The van der Waals surface area contributed by atoms with Gasteiger partial charge in [0.15, 0.2) is 11.5 Å². The first-order chi connectivity index (χ1) is 9.24. The van der Waals surface area contributed by atoms with Gasteiger partial charge in [0, 0.05) is 12.1 Å². The molecule has 0 amide bonds. The molecule has 7 heteroatoms. The summed E-state index contributed by atoms with van der Waals surface area (Å²) in [6, 6.07) is 5.71. The van der Waals surface area contributed by atoms with Crippen LogP contribution in [0.5, 0.6) is 11.5 Å². The number of nitrogens with zero attached hydrogens (tertiary/aromatic N) is 2. The Morgan fingerprint density at radius 1 is 1.26 bits per heavy atom. The highest BCUT2D eigenvalue weighted by molar-refractivity contribution is 6.33. The molecule has 0 radical (unpaired) electrons. The maximum absolute atomic E-state index is 5.98. The van der Waals surface area contributed by atoms with Crippen LogP contribution in [-0.2, 0) is 6.54 Å². The number of aromatic nitrogens is 2. The molecule has 1 N–H and O–H groups in total. The number of hydrogen-bond donors (Lipinski definition) is 1.